The SMILES string of the molecule is CC(C)N1CCN(c2ccc(-c3cc(-c4ncc5c(=O)n(C(=O)OC(C)(C)C)ccc5n4)c(N)nc3F)cc2)CC1. The van der Waals surface area contributed by atoms with Crippen LogP contribution >= 0.6 is 0 Å². The lowest BCUT2D eigenvalue weighted by Gasteiger charge is -2.38. The van der Waals surface area contributed by atoms with Crippen LogP contribution in [0.3, 0.4) is 0 Å². The smallest absolute Gasteiger partial charge is 0.421 e. The predicted molar refractivity (Wildman–Crippen MR) is 157 cm³/mol. The lowest BCUT2D eigenvalue weighted by atomic mass is 10.0. The minimum atomic E-state index is -0.797. The van der Waals surface area contributed by atoms with E-state index >= 15 is 4.39 Å². The van der Waals surface area contributed by atoms with Crippen molar-refractivity contribution in [2.45, 2.75) is 46.3 Å². The number of carbonyl (C=O) groups excluding carboxylic acids is 1. The number of nitrogen functional groups attached to an aromatic ring is 1. The maximum absolute atomic E-state index is 15.0. The molecule has 10 nitrogen and oxygen atoms in total. The molecule has 1 aromatic carbocycles. The summed E-state index contributed by atoms with van der Waals surface area (Å²) in [5, 5.41) is 0.126. The number of anilines is 2. The van der Waals surface area contributed by atoms with Crippen LogP contribution in [0.15, 0.2) is 53.6 Å². The van der Waals surface area contributed by atoms with Crippen molar-refractivity contribution in [2.24, 2.45) is 0 Å². The van der Waals surface area contributed by atoms with E-state index in [4.69, 9.17) is 10.5 Å². The van der Waals surface area contributed by atoms with Crippen LogP contribution < -0.4 is 16.2 Å². The van der Waals surface area contributed by atoms with E-state index in [0.717, 1.165) is 36.4 Å². The first-order chi connectivity index (χ1) is 19.4. The summed E-state index contributed by atoms with van der Waals surface area (Å²) in [6.45, 7) is 13.4. The molecule has 0 saturated carbocycles. The Morgan fingerprint density at radius 3 is 2.34 bits per heavy atom. The predicted octanol–water partition coefficient (Wildman–Crippen LogP) is 4.56. The summed E-state index contributed by atoms with van der Waals surface area (Å²) in [5.41, 5.74) is 7.31. The van der Waals surface area contributed by atoms with E-state index in [0.29, 0.717) is 22.7 Å². The van der Waals surface area contributed by atoms with Gasteiger partial charge in [0.25, 0.3) is 5.56 Å². The molecule has 214 valence electrons. The Morgan fingerprint density at radius 1 is 1.02 bits per heavy atom. The monoisotopic (exact) mass is 559 g/mol. The first-order valence-corrected chi connectivity index (χ1v) is 13.6. The van der Waals surface area contributed by atoms with Crippen molar-refractivity contribution >= 4 is 28.5 Å². The number of aromatic nitrogens is 4. The topological polar surface area (TPSA) is 119 Å². The van der Waals surface area contributed by atoms with E-state index in [1.807, 2.05) is 24.3 Å². The number of hydrogen-bond acceptors (Lipinski definition) is 9. The van der Waals surface area contributed by atoms with Crippen molar-refractivity contribution < 1.29 is 13.9 Å². The van der Waals surface area contributed by atoms with Gasteiger partial charge < -0.3 is 15.4 Å². The normalized spacial score (nSPS) is 14.6. The fraction of sp³-hybridized carbons (Fsp3) is 0.367. The van der Waals surface area contributed by atoms with Gasteiger partial charge in [0.2, 0.25) is 5.95 Å². The van der Waals surface area contributed by atoms with Gasteiger partial charge in [-0.2, -0.15) is 4.39 Å². The number of ether oxygens (including phenoxy) is 1. The van der Waals surface area contributed by atoms with Crippen molar-refractivity contribution in [3.63, 3.8) is 0 Å². The molecule has 2 N–H and O–H groups in total. The van der Waals surface area contributed by atoms with E-state index in [1.165, 1.54) is 18.5 Å². The van der Waals surface area contributed by atoms with E-state index in [9.17, 15) is 9.59 Å². The molecule has 1 saturated heterocycles. The fourth-order valence-electron chi connectivity index (χ4n) is 4.85. The van der Waals surface area contributed by atoms with Crippen molar-refractivity contribution in [3.8, 4) is 22.5 Å². The van der Waals surface area contributed by atoms with Crippen LogP contribution in [0.4, 0.5) is 20.7 Å². The Labute approximate surface area is 237 Å². The Kier molecular flexibility index (Phi) is 7.48. The zero-order chi connectivity index (χ0) is 29.5. The highest BCUT2D eigenvalue weighted by atomic mass is 19.1. The highest BCUT2D eigenvalue weighted by molar-refractivity contribution is 5.84. The number of piperazine rings is 1. The number of fused-ring (bicyclic) bond motifs is 1. The molecule has 4 heterocycles. The van der Waals surface area contributed by atoms with Crippen molar-refractivity contribution in [2.75, 3.05) is 36.8 Å². The molecule has 0 unspecified atom stereocenters. The number of carbonyl (C=O) groups is 1. The molecule has 0 aliphatic carbocycles. The number of rotatable bonds is 4. The molecule has 1 aliphatic heterocycles. The van der Waals surface area contributed by atoms with Crippen LogP contribution in [0.5, 0.6) is 0 Å². The number of nitrogens with two attached hydrogens (primary N) is 1. The van der Waals surface area contributed by atoms with Crippen LogP contribution in [0, 0.1) is 5.95 Å². The molecule has 0 amide bonds. The minimum absolute atomic E-state index is 0.0765. The van der Waals surface area contributed by atoms with Gasteiger partial charge in [0.15, 0.2) is 5.82 Å². The zero-order valence-electron chi connectivity index (χ0n) is 23.9. The first kappa shape index (κ1) is 28.2. The zero-order valence-corrected chi connectivity index (χ0v) is 23.9. The third kappa shape index (κ3) is 5.90. The molecule has 0 bridgehead atoms. The van der Waals surface area contributed by atoms with Crippen molar-refractivity contribution in [3.05, 3.63) is 65.1 Å². The summed E-state index contributed by atoms with van der Waals surface area (Å²) >= 11 is 0. The molecule has 11 heteroatoms. The van der Waals surface area contributed by atoms with Gasteiger partial charge in [-0.3, -0.25) is 9.69 Å². The standard InChI is InChI=1S/C30H34FN7O3/c1-18(2)36-12-14-37(15-13-36)20-8-6-19(7-9-20)21-16-22(26(32)35-25(21)31)27-33-17-23-24(34-27)10-11-38(28(23)39)29(40)41-30(3,4)5/h6-11,16-18H,12-15H2,1-5H3,(H2,32,35). The van der Waals surface area contributed by atoms with E-state index in [1.54, 1.807) is 26.8 Å². The third-order valence-electron chi connectivity index (χ3n) is 7.07. The number of nitrogens with zero attached hydrogens (tertiary/aromatic N) is 6. The largest absolute Gasteiger partial charge is 0.443 e. The maximum atomic E-state index is 15.0. The maximum Gasteiger partial charge on any atom is 0.421 e. The molecular weight excluding hydrogens is 525 g/mol. The van der Waals surface area contributed by atoms with Gasteiger partial charge in [0, 0.05) is 55.9 Å². The van der Waals surface area contributed by atoms with Crippen LogP contribution in [-0.2, 0) is 4.74 Å². The van der Waals surface area contributed by atoms with Crippen molar-refractivity contribution in [1.29, 1.82) is 0 Å². The minimum Gasteiger partial charge on any atom is -0.443 e. The Morgan fingerprint density at radius 2 is 1.71 bits per heavy atom. The second kappa shape index (κ2) is 10.9. The van der Waals surface area contributed by atoms with Gasteiger partial charge in [0.05, 0.1) is 16.5 Å². The molecule has 0 radical (unpaired) electrons. The van der Waals surface area contributed by atoms with E-state index in [-0.39, 0.29) is 22.6 Å². The number of pyridine rings is 2. The lowest BCUT2D eigenvalue weighted by Crippen LogP contribution is -2.48. The molecule has 3 aromatic heterocycles. The molecule has 5 rings (SSSR count). The Bertz CT molecular complexity index is 1650. The molecule has 41 heavy (non-hydrogen) atoms. The molecule has 0 atom stereocenters. The molecule has 1 aliphatic rings. The van der Waals surface area contributed by atoms with Crippen LogP contribution in [0.1, 0.15) is 34.6 Å². The number of hydrogen-bond donors (Lipinski definition) is 1. The Hall–Kier alpha value is -4.38. The van der Waals surface area contributed by atoms with Gasteiger partial charge in [-0.15, -0.1) is 0 Å². The quantitative estimate of drug-likeness (QED) is 0.359. The van der Waals surface area contributed by atoms with Crippen LogP contribution in [-0.4, -0.2) is 68.3 Å². The highest BCUT2D eigenvalue weighted by Crippen LogP contribution is 2.31. The first-order valence-electron chi connectivity index (χ1n) is 13.6. The molecular formula is C30H34FN7O3. The highest BCUT2D eigenvalue weighted by Gasteiger charge is 2.22. The van der Waals surface area contributed by atoms with Crippen molar-refractivity contribution in [1.82, 2.24) is 24.4 Å². The summed E-state index contributed by atoms with van der Waals surface area (Å²) in [7, 11) is 0. The van der Waals surface area contributed by atoms with E-state index in [2.05, 4.69) is 38.6 Å². The average Bonchev–Trinajstić information content (AvgIpc) is 2.92. The third-order valence-corrected chi connectivity index (χ3v) is 7.07. The summed E-state index contributed by atoms with van der Waals surface area (Å²) < 4.78 is 21.2. The summed E-state index contributed by atoms with van der Waals surface area (Å²) in [6, 6.07) is 11.3. The summed E-state index contributed by atoms with van der Waals surface area (Å²) in [4.78, 5) is 42.8. The summed E-state index contributed by atoms with van der Waals surface area (Å²) in [5.74, 6) is -0.601. The Balaban J connectivity index is 1.43. The van der Waals surface area contributed by atoms with E-state index < -0.39 is 23.2 Å². The van der Waals surface area contributed by atoms with Crippen LogP contribution in [0.2, 0.25) is 0 Å². The van der Waals surface area contributed by atoms with Gasteiger partial charge in [-0.1, -0.05) is 12.1 Å². The van der Waals surface area contributed by atoms with Gasteiger partial charge in [-0.05, 0) is 64.4 Å². The molecule has 1 fully saturated rings. The fourth-order valence-corrected chi connectivity index (χ4v) is 4.85. The molecule has 0 spiro atoms. The number of halogens is 1. The second-order valence-corrected chi connectivity index (χ2v) is 11.4. The molecule has 4 aromatic rings. The second-order valence-electron chi connectivity index (χ2n) is 11.4. The van der Waals surface area contributed by atoms with Gasteiger partial charge >= 0.3 is 6.09 Å². The lowest BCUT2D eigenvalue weighted by molar-refractivity contribution is 0.0531. The van der Waals surface area contributed by atoms with Gasteiger partial charge in [-0.25, -0.2) is 24.3 Å². The number of benzene rings is 1. The average molecular weight is 560 g/mol. The van der Waals surface area contributed by atoms with Crippen LogP contribution in [0.25, 0.3) is 33.4 Å². The van der Waals surface area contributed by atoms with Gasteiger partial charge in [0.1, 0.15) is 11.4 Å². The summed E-state index contributed by atoms with van der Waals surface area (Å²) in [6.07, 6.45) is 1.82.